The first kappa shape index (κ1) is 9.66. The maximum atomic E-state index is 13.5. The van der Waals surface area contributed by atoms with Crippen LogP contribution in [0.25, 0.3) is 0 Å². The van der Waals surface area contributed by atoms with Gasteiger partial charge in [-0.2, -0.15) is 0 Å². The number of nitrogens with two attached hydrogens (primary N) is 1. The van der Waals surface area contributed by atoms with Crippen LogP contribution in [0.2, 0.25) is 0 Å². The summed E-state index contributed by atoms with van der Waals surface area (Å²) < 4.78 is 13.5. The highest BCUT2D eigenvalue weighted by atomic mass is 19.1. The van der Waals surface area contributed by atoms with Crippen LogP contribution in [0, 0.1) is 18.2 Å². The fraction of sp³-hybridized carbons (Fsp3) is 0.500. The number of hydrogen-bond donors (Lipinski definition) is 1. The Hall–Kier alpha value is -0.890. The minimum atomic E-state index is -0.0790. The van der Waals surface area contributed by atoms with E-state index in [0.717, 1.165) is 30.4 Å². The van der Waals surface area contributed by atoms with Gasteiger partial charge in [-0.1, -0.05) is 12.1 Å². The van der Waals surface area contributed by atoms with Gasteiger partial charge in [-0.05, 0) is 55.3 Å². The van der Waals surface area contributed by atoms with Crippen molar-refractivity contribution in [3.8, 4) is 0 Å². The van der Waals surface area contributed by atoms with E-state index < -0.39 is 0 Å². The molecule has 0 bridgehead atoms. The zero-order valence-electron chi connectivity index (χ0n) is 8.52. The molecule has 0 unspecified atom stereocenters. The van der Waals surface area contributed by atoms with Gasteiger partial charge < -0.3 is 5.73 Å². The zero-order valence-corrected chi connectivity index (χ0v) is 8.52. The largest absolute Gasteiger partial charge is 0.330 e. The van der Waals surface area contributed by atoms with Crippen LogP contribution in [0.5, 0.6) is 0 Å². The van der Waals surface area contributed by atoms with Gasteiger partial charge in [0.15, 0.2) is 0 Å². The SMILES string of the molecule is Cc1ccc(CC2(CN)CC2)c(F)c1. The normalized spacial score (nSPS) is 18.2. The van der Waals surface area contributed by atoms with Crippen LogP contribution in [-0.4, -0.2) is 6.54 Å². The highest BCUT2D eigenvalue weighted by Crippen LogP contribution is 2.47. The van der Waals surface area contributed by atoms with Gasteiger partial charge in [0.1, 0.15) is 5.82 Å². The van der Waals surface area contributed by atoms with Gasteiger partial charge in [0.25, 0.3) is 0 Å². The average molecular weight is 193 g/mol. The minimum Gasteiger partial charge on any atom is -0.330 e. The van der Waals surface area contributed by atoms with Crippen molar-refractivity contribution in [3.05, 3.63) is 35.1 Å². The molecular formula is C12H16FN. The summed E-state index contributed by atoms with van der Waals surface area (Å²) >= 11 is 0. The molecule has 2 heteroatoms. The standard InChI is InChI=1S/C12H16FN/c1-9-2-3-10(11(13)6-9)7-12(8-14)4-5-12/h2-3,6H,4-5,7-8,14H2,1H3. The quantitative estimate of drug-likeness (QED) is 0.783. The summed E-state index contributed by atoms with van der Waals surface area (Å²) in [4.78, 5) is 0. The highest BCUT2D eigenvalue weighted by Gasteiger charge is 2.41. The van der Waals surface area contributed by atoms with Gasteiger partial charge in [-0.25, -0.2) is 4.39 Å². The van der Waals surface area contributed by atoms with Crippen LogP contribution < -0.4 is 5.73 Å². The highest BCUT2D eigenvalue weighted by molar-refractivity contribution is 5.25. The second-order valence-corrected chi connectivity index (χ2v) is 4.48. The van der Waals surface area contributed by atoms with E-state index in [4.69, 9.17) is 5.73 Å². The lowest BCUT2D eigenvalue weighted by atomic mass is 9.96. The van der Waals surface area contributed by atoms with Gasteiger partial charge >= 0.3 is 0 Å². The predicted molar refractivity (Wildman–Crippen MR) is 55.6 cm³/mol. The number of rotatable bonds is 3. The first-order valence-corrected chi connectivity index (χ1v) is 5.10. The Morgan fingerprint density at radius 1 is 1.43 bits per heavy atom. The monoisotopic (exact) mass is 193 g/mol. The van der Waals surface area contributed by atoms with E-state index in [2.05, 4.69) is 0 Å². The van der Waals surface area contributed by atoms with Crippen molar-refractivity contribution in [2.24, 2.45) is 11.1 Å². The number of halogens is 1. The van der Waals surface area contributed by atoms with E-state index in [1.54, 1.807) is 6.07 Å². The maximum Gasteiger partial charge on any atom is 0.126 e. The van der Waals surface area contributed by atoms with Gasteiger partial charge in [0.05, 0.1) is 0 Å². The first-order chi connectivity index (χ1) is 6.65. The van der Waals surface area contributed by atoms with Crippen LogP contribution in [0.4, 0.5) is 4.39 Å². The molecule has 0 spiro atoms. The topological polar surface area (TPSA) is 26.0 Å². The lowest BCUT2D eigenvalue weighted by molar-refractivity contribution is 0.499. The second-order valence-electron chi connectivity index (χ2n) is 4.48. The summed E-state index contributed by atoms with van der Waals surface area (Å²) in [6, 6.07) is 5.45. The third-order valence-electron chi connectivity index (χ3n) is 3.16. The van der Waals surface area contributed by atoms with Crippen molar-refractivity contribution in [2.45, 2.75) is 26.2 Å². The second kappa shape index (κ2) is 3.35. The predicted octanol–water partition coefficient (Wildman–Crippen LogP) is 2.42. The molecule has 1 nitrogen and oxygen atoms in total. The van der Waals surface area contributed by atoms with Gasteiger partial charge in [-0.3, -0.25) is 0 Å². The smallest absolute Gasteiger partial charge is 0.126 e. The van der Waals surface area contributed by atoms with Gasteiger partial charge in [0, 0.05) is 0 Å². The maximum absolute atomic E-state index is 13.5. The Morgan fingerprint density at radius 3 is 2.64 bits per heavy atom. The molecule has 0 aliphatic heterocycles. The molecule has 2 rings (SSSR count). The summed E-state index contributed by atoms with van der Waals surface area (Å²) in [5.41, 5.74) is 7.69. The Balaban J connectivity index is 2.17. The summed E-state index contributed by atoms with van der Waals surface area (Å²) in [6.07, 6.45) is 3.10. The minimum absolute atomic E-state index is 0.0790. The van der Waals surface area contributed by atoms with E-state index >= 15 is 0 Å². The molecule has 14 heavy (non-hydrogen) atoms. The third-order valence-corrected chi connectivity index (χ3v) is 3.16. The van der Waals surface area contributed by atoms with Crippen molar-refractivity contribution in [3.63, 3.8) is 0 Å². The molecule has 1 fully saturated rings. The molecule has 0 atom stereocenters. The molecule has 1 aliphatic rings. The van der Waals surface area contributed by atoms with Crippen molar-refractivity contribution in [2.75, 3.05) is 6.54 Å². The van der Waals surface area contributed by atoms with Crippen molar-refractivity contribution in [1.29, 1.82) is 0 Å². The Bertz CT molecular complexity index is 342. The van der Waals surface area contributed by atoms with Crippen LogP contribution in [0.15, 0.2) is 18.2 Å². The van der Waals surface area contributed by atoms with Crippen molar-refractivity contribution >= 4 is 0 Å². The number of hydrogen-bond acceptors (Lipinski definition) is 1. The third kappa shape index (κ3) is 1.80. The van der Waals surface area contributed by atoms with E-state index in [9.17, 15) is 4.39 Å². The van der Waals surface area contributed by atoms with E-state index in [-0.39, 0.29) is 11.2 Å². The van der Waals surface area contributed by atoms with Gasteiger partial charge in [0.2, 0.25) is 0 Å². The molecule has 0 heterocycles. The van der Waals surface area contributed by atoms with E-state index in [1.165, 1.54) is 0 Å². The molecule has 0 aromatic heterocycles. The zero-order chi connectivity index (χ0) is 10.2. The fourth-order valence-electron chi connectivity index (χ4n) is 1.83. The Kier molecular flexibility index (Phi) is 2.31. The molecule has 76 valence electrons. The van der Waals surface area contributed by atoms with Crippen molar-refractivity contribution < 1.29 is 4.39 Å². The fourth-order valence-corrected chi connectivity index (χ4v) is 1.83. The lowest BCUT2D eigenvalue weighted by Crippen LogP contribution is -2.18. The van der Waals surface area contributed by atoms with E-state index in [0.29, 0.717) is 6.54 Å². The average Bonchev–Trinajstić information content (AvgIpc) is 2.91. The molecule has 0 amide bonds. The summed E-state index contributed by atoms with van der Waals surface area (Å²) in [5.74, 6) is -0.0790. The van der Waals surface area contributed by atoms with Crippen LogP contribution in [0.3, 0.4) is 0 Å². The Labute approximate surface area is 84.1 Å². The van der Waals surface area contributed by atoms with E-state index in [1.807, 2.05) is 19.1 Å². The lowest BCUT2D eigenvalue weighted by Gasteiger charge is -2.12. The molecule has 0 saturated heterocycles. The molecule has 1 saturated carbocycles. The molecule has 1 aromatic rings. The molecule has 1 aliphatic carbocycles. The molecule has 2 N–H and O–H groups in total. The Morgan fingerprint density at radius 2 is 2.14 bits per heavy atom. The number of benzene rings is 1. The summed E-state index contributed by atoms with van der Waals surface area (Å²) in [7, 11) is 0. The van der Waals surface area contributed by atoms with Crippen LogP contribution in [0.1, 0.15) is 24.0 Å². The molecule has 1 aromatic carbocycles. The summed E-state index contributed by atoms with van der Waals surface area (Å²) in [5, 5.41) is 0. The molecular weight excluding hydrogens is 177 g/mol. The van der Waals surface area contributed by atoms with Gasteiger partial charge in [-0.15, -0.1) is 0 Å². The van der Waals surface area contributed by atoms with Crippen LogP contribution >= 0.6 is 0 Å². The number of aryl methyl sites for hydroxylation is 1. The van der Waals surface area contributed by atoms with Crippen molar-refractivity contribution in [1.82, 2.24) is 0 Å². The first-order valence-electron chi connectivity index (χ1n) is 5.10. The molecule has 0 radical (unpaired) electrons. The summed E-state index contributed by atoms with van der Waals surface area (Å²) in [6.45, 7) is 2.59. The van der Waals surface area contributed by atoms with Crippen LogP contribution in [-0.2, 0) is 6.42 Å².